The zero-order valence-electron chi connectivity index (χ0n) is 43.7. The highest BCUT2D eigenvalue weighted by Gasteiger charge is 2.26. The van der Waals surface area contributed by atoms with E-state index in [0.29, 0.717) is 76.4 Å². The number of β-amino-alcohol motifs (C(OH)–C–C–N with tert-alkyl or cyclic N) is 2. The molecule has 6 heterocycles. The molecule has 2 fully saturated rings. The molecule has 2 aliphatic heterocycles. The first-order valence-electron chi connectivity index (χ1n) is 25.9. The number of fused-ring (bicyclic) bond motifs is 2. The van der Waals surface area contributed by atoms with E-state index in [-0.39, 0.29) is 52.6 Å². The van der Waals surface area contributed by atoms with Crippen molar-refractivity contribution >= 4 is 62.1 Å². The predicted molar refractivity (Wildman–Crippen MR) is 304 cm³/mol. The number of carboxylic acid groups (broad SMARTS) is 1. The van der Waals surface area contributed by atoms with Crippen molar-refractivity contribution in [2.45, 2.75) is 117 Å². The van der Waals surface area contributed by atoms with Crippen molar-refractivity contribution in [2.75, 3.05) is 39.3 Å². The number of halogens is 2. The molecule has 6 aromatic rings. The molecule has 4 aromatic heterocycles. The number of aryl methyl sites for hydroxylation is 2. The number of oxazole rings is 2. The van der Waals surface area contributed by atoms with E-state index in [9.17, 15) is 19.8 Å². The number of aromatic nitrogens is 4. The van der Waals surface area contributed by atoms with Crippen molar-refractivity contribution in [1.82, 2.24) is 35.1 Å². The molecule has 0 bridgehead atoms. The van der Waals surface area contributed by atoms with Crippen LogP contribution in [0.5, 0.6) is 11.5 Å². The first-order chi connectivity index (χ1) is 36.3. The van der Waals surface area contributed by atoms with Crippen LogP contribution in [0.3, 0.4) is 0 Å². The molecule has 0 unspecified atom stereocenters. The molecule has 2 atom stereocenters. The monoisotopic (exact) mass is 1130 g/mol. The number of ether oxygens (including phenoxy) is 2. The van der Waals surface area contributed by atoms with Gasteiger partial charge in [0.1, 0.15) is 24.7 Å². The number of pyridine rings is 2. The van der Waals surface area contributed by atoms with Crippen molar-refractivity contribution in [3.63, 3.8) is 0 Å². The van der Waals surface area contributed by atoms with E-state index in [1.165, 1.54) is 62.9 Å². The number of nitrogens with zero attached hydrogens (tertiary/aromatic N) is 6. The van der Waals surface area contributed by atoms with Gasteiger partial charge in [0.05, 0.1) is 39.2 Å². The third-order valence-corrected chi connectivity index (χ3v) is 15.3. The molecule has 0 saturated heterocycles. The van der Waals surface area contributed by atoms with Gasteiger partial charge >= 0.3 is 5.97 Å². The summed E-state index contributed by atoms with van der Waals surface area (Å²) >= 11 is 13.2. The number of carbonyl (C=O) groups excluding carboxylic acids is 1. The number of carboxylic acids is 1. The van der Waals surface area contributed by atoms with Crippen LogP contribution in [0.1, 0.15) is 116 Å². The first kappa shape index (κ1) is 61.0. The van der Waals surface area contributed by atoms with Crippen LogP contribution < -0.4 is 20.5 Å². The summed E-state index contributed by atoms with van der Waals surface area (Å²) in [5, 5.41) is 33.3. The van der Waals surface area contributed by atoms with Gasteiger partial charge in [-0.05, 0) is 110 Å². The van der Waals surface area contributed by atoms with Gasteiger partial charge < -0.3 is 44.7 Å². The molecule has 6 N–H and O–H groups in total. The number of amides is 1. The van der Waals surface area contributed by atoms with Gasteiger partial charge in [0, 0.05) is 81.7 Å². The molecule has 1 amide bonds. The fourth-order valence-electron chi connectivity index (χ4n) is 9.53. The number of nitrogens with two attached hydrogens (primary N) is 1. The minimum absolute atomic E-state index is 0. The minimum atomic E-state index is -0.873. The highest BCUT2D eigenvalue weighted by Crippen LogP contribution is 2.37. The number of benzene rings is 2. The van der Waals surface area contributed by atoms with Crippen LogP contribution in [-0.2, 0) is 52.0 Å². The summed E-state index contributed by atoms with van der Waals surface area (Å²) < 4.78 is 22.3. The Hall–Kier alpha value is -5.22. The Bertz CT molecular complexity index is 2870. The Kier molecular flexibility index (Phi) is 23.5. The molecular weight excluding hydrogens is 1060 g/mol. The van der Waals surface area contributed by atoms with Crippen LogP contribution in [-0.4, -0.2) is 108 Å². The van der Waals surface area contributed by atoms with E-state index >= 15 is 0 Å². The van der Waals surface area contributed by atoms with Gasteiger partial charge in [0.15, 0.2) is 24.3 Å². The number of hydrogen-bond donors (Lipinski definition) is 5. The molecule has 17 nitrogen and oxygen atoms in total. The summed E-state index contributed by atoms with van der Waals surface area (Å²) in [5.41, 5.74) is 14.4. The molecule has 4 aliphatic rings. The highest BCUT2D eigenvalue weighted by molar-refractivity contribution is 7.59. The zero-order chi connectivity index (χ0) is 52.8. The number of nitrogens with one attached hydrogen (secondary N) is 1. The van der Waals surface area contributed by atoms with E-state index in [2.05, 4.69) is 35.1 Å². The van der Waals surface area contributed by atoms with Crippen molar-refractivity contribution in [2.24, 2.45) is 17.6 Å². The summed E-state index contributed by atoms with van der Waals surface area (Å²) in [4.78, 5) is 44.4. The SMILES string of the molecule is Cc1ncoc1COc1ccc2c(c1Cl)CCN(C[C@@H](O)CN)C2.Cc1ncoc1COc1ccc2c(c1Cl)CCN(C[C@@H](O)CNC(=O)c1ccnc(CC3CCC3)c1)C2.O=C(O)c1ccnc(CC2CCC2)c1.S.S. The summed E-state index contributed by atoms with van der Waals surface area (Å²) in [5.74, 6) is 3.03. The molecule has 0 radical (unpaired) electrons. The fourth-order valence-corrected chi connectivity index (χ4v) is 10.2. The third-order valence-electron chi connectivity index (χ3n) is 14.5. The smallest absolute Gasteiger partial charge is 0.335 e. The van der Waals surface area contributed by atoms with Gasteiger partial charge in [0.25, 0.3) is 5.91 Å². The largest absolute Gasteiger partial charge is 0.484 e. The summed E-state index contributed by atoms with van der Waals surface area (Å²) in [7, 11) is 0. The van der Waals surface area contributed by atoms with Gasteiger partial charge in [-0.3, -0.25) is 24.6 Å². The molecule has 10 rings (SSSR count). The third kappa shape index (κ3) is 17.1. The van der Waals surface area contributed by atoms with E-state index < -0.39 is 18.2 Å². The molecule has 0 spiro atoms. The number of carbonyl (C=O) groups is 2. The molecule has 21 heteroatoms. The van der Waals surface area contributed by atoms with Crippen LogP contribution in [0, 0.1) is 25.7 Å². The lowest BCUT2D eigenvalue weighted by Gasteiger charge is -2.31. The normalized spacial score (nSPS) is 15.9. The maximum atomic E-state index is 12.6. The van der Waals surface area contributed by atoms with Crippen LogP contribution >= 0.6 is 50.2 Å². The van der Waals surface area contributed by atoms with E-state index in [1.807, 2.05) is 44.2 Å². The second kappa shape index (κ2) is 29.7. The average Bonchev–Trinajstić information content (AvgIpc) is 4.01. The maximum absolute atomic E-state index is 12.6. The topological polar surface area (TPSA) is 236 Å². The number of rotatable bonds is 19. The molecular formula is C56H72Cl2N8O9S2. The standard InChI is InChI=1S/C28H33ClN4O4.C17H22ClN3O3.C11H13NO2.2H2S/c1-18-26(37-17-32-18)16-36-25-6-5-21-14-33(10-8-24(21)27(25)29)15-23(34)13-31-28(35)20-7-9-30-22(12-20)11-19-3-2-4-19;1-11-16(24-10-20-11)9-23-15-3-2-12-7-21(8-13(22)6-19)5-4-14(12)17(15)18;13-11(14)9-4-5-12-10(7-9)6-8-2-1-3-8;;/h5-7,9,12,17,19,23,34H,2-4,8,10-11,13-16H2,1H3,(H,31,35);2-3,10,13,22H,4-9,19H2,1H3;4-5,7-8H,1-3,6H2,(H,13,14);2*1H2/t23-;13-;;;/m00.../s1. The van der Waals surface area contributed by atoms with Crippen LogP contribution in [0.25, 0.3) is 0 Å². The Morgan fingerprint density at radius 1 is 0.714 bits per heavy atom. The predicted octanol–water partition coefficient (Wildman–Crippen LogP) is 8.34. The molecule has 416 valence electrons. The van der Waals surface area contributed by atoms with Gasteiger partial charge in [-0.25, -0.2) is 14.8 Å². The van der Waals surface area contributed by atoms with Crippen molar-refractivity contribution < 1.29 is 43.2 Å². The molecule has 77 heavy (non-hydrogen) atoms. The van der Waals surface area contributed by atoms with Gasteiger partial charge in [-0.15, -0.1) is 0 Å². The van der Waals surface area contributed by atoms with E-state index in [1.54, 1.807) is 24.5 Å². The van der Waals surface area contributed by atoms with Crippen LogP contribution in [0.15, 0.2) is 82.5 Å². The fraction of sp³-hybridized carbons (Fsp3) is 0.464. The highest BCUT2D eigenvalue weighted by atomic mass is 35.5. The Labute approximate surface area is 474 Å². The number of aliphatic hydroxyl groups is 2. The summed E-state index contributed by atoms with van der Waals surface area (Å²) in [6, 6.07) is 14.6. The lowest BCUT2D eigenvalue weighted by atomic mass is 9.82. The molecule has 2 saturated carbocycles. The van der Waals surface area contributed by atoms with Crippen molar-refractivity contribution in [3.8, 4) is 11.5 Å². The second-order valence-corrected chi connectivity index (χ2v) is 20.7. The van der Waals surface area contributed by atoms with Crippen LogP contribution in [0.2, 0.25) is 10.0 Å². The quantitative estimate of drug-likeness (QED) is 0.0512. The summed E-state index contributed by atoms with van der Waals surface area (Å²) in [6.07, 6.45) is 16.0. The molecule has 2 aliphatic carbocycles. The zero-order valence-corrected chi connectivity index (χ0v) is 47.2. The van der Waals surface area contributed by atoms with Gasteiger partial charge in [0.2, 0.25) is 0 Å². The van der Waals surface area contributed by atoms with Crippen molar-refractivity contribution in [1.29, 1.82) is 0 Å². The lowest BCUT2D eigenvalue weighted by molar-refractivity contribution is 0.0696. The van der Waals surface area contributed by atoms with E-state index in [0.717, 1.165) is 90.7 Å². The van der Waals surface area contributed by atoms with Gasteiger partial charge in [-0.1, -0.05) is 73.9 Å². The Morgan fingerprint density at radius 2 is 1.18 bits per heavy atom. The number of aliphatic hydroxyl groups excluding tert-OH is 2. The Balaban J connectivity index is 0.000000205. The minimum Gasteiger partial charge on any atom is -0.484 e. The maximum Gasteiger partial charge on any atom is 0.335 e. The Morgan fingerprint density at radius 3 is 1.61 bits per heavy atom. The van der Waals surface area contributed by atoms with E-state index in [4.69, 9.17) is 52.4 Å². The van der Waals surface area contributed by atoms with Crippen LogP contribution in [0.4, 0.5) is 0 Å². The first-order valence-corrected chi connectivity index (χ1v) is 26.6. The van der Waals surface area contributed by atoms with Gasteiger partial charge in [-0.2, -0.15) is 27.0 Å². The summed E-state index contributed by atoms with van der Waals surface area (Å²) in [6.45, 7) is 8.87. The van der Waals surface area contributed by atoms with Crippen molar-refractivity contribution in [3.05, 3.63) is 151 Å². The number of hydrogen-bond acceptors (Lipinski definition) is 15. The second-order valence-electron chi connectivity index (χ2n) is 19.9. The average molecular weight is 1140 g/mol. The number of aromatic carboxylic acids is 1. The lowest BCUT2D eigenvalue weighted by Crippen LogP contribution is -2.42. The molecule has 2 aromatic carbocycles.